The van der Waals surface area contributed by atoms with E-state index >= 15 is 0 Å². The van der Waals surface area contributed by atoms with Crippen LogP contribution in [-0.4, -0.2) is 60.4 Å². The summed E-state index contributed by atoms with van der Waals surface area (Å²) < 4.78 is 28.0. The second-order valence-electron chi connectivity index (χ2n) is 5.14. The molecule has 1 aliphatic rings. The highest BCUT2D eigenvalue weighted by atomic mass is 32.2. The van der Waals surface area contributed by atoms with E-state index in [1.807, 2.05) is 14.1 Å². The van der Waals surface area contributed by atoms with Gasteiger partial charge in [-0.1, -0.05) is 0 Å². The molecular weight excluding hydrogens is 266 g/mol. The van der Waals surface area contributed by atoms with E-state index in [0.717, 1.165) is 12.8 Å². The molecule has 19 heavy (non-hydrogen) atoms. The lowest BCUT2D eigenvalue weighted by molar-refractivity contribution is 0.196. The SMILES string of the molecule is CN(C)C1CCN(S(=O)(=O)c2c(N)ncn2C)CC1. The Labute approximate surface area is 114 Å². The number of rotatable bonds is 3. The summed E-state index contributed by atoms with van der Waals surface area (Å²) in [6.45, 7) is 1.05. The standard InChI is InChI=1S/C11H21N5O2S/c1-14(2)9-4-6-16(7-5-9)19(17,18)11-10(12)13-8-15(11)3/h8-9H,4-7,12H2,1-3H3. The van der Waals surface area contributed by atoms with Crippen LogP contribution in [-0.2, 0) is 17.1 Å². The van der Waals surface area contributed by atoms with Crippen LogP contribution in [0.4, 0.5) is 5.82 Å². The fourth-order valence-electron chi connectivity index (χ4n) is 2.47. The van der Waals surface area contributed by atoms with Crippen molar-refractivity contribution in [2.45, 2.75) is 23.9 Å². The van der Waals surface area contributed by atoms with Crippen molar-refractivity contribution in [1.29, 1.82) is 0 Å². The molecule has 2 rings (SSSR count). The summed E-state index contributed by atoms with van der Waals surface area (Å²) in [5, 5.41) is 0.0933. The summed E-state index contributed by atoms with van der Waals surface area (Å²) in [5.41, 5.74) is 5.66. The molecule has 0 unspecified atom stereocenters. The first-order valence-corrected chi connectivity index (χ1v) is 7.71. The van der Waals surface area contributed by atoms with Crippen LogP contribution in [0.5, 0.6) is 0 Å². The van der Waals surface area contributed by atoms with Crippen LogP contribution < -0.4 is 5.73 Å². The topological polar surface area (TPSA) is 84.5 Å². The third-order valence-electron chi connectivity index (χ3n) is 3.65. The molecule has 0 bridgehead atoms. The zero-order valence-electron chi connectivity index (χ0n) is 11.6. The van der Waals surface area contributed by atoms with Crippen LogP contribution in [0.1, 0.15) is 12.8 Å². The van der Waals surface area contributed by atoms with Crippen LogP contribution in [0.25, 0.3) is 0 Å². The molecule has 1 aliphatic heterocycles. The van der Waals surface area contributed by atoms with Crippen LogP contribution in [0.3, 0.4) is 0 Å². The number of aryl methyl sites for hydroxylation is 1. The van der Waals surface area contributed by atoms with Gasteiger partial charge in [0.2, 0.25) is 0 Å². The third-order valence-corrected chi connectivity index (χ3v) is 5.68. The van der Waals surface area contributed by atoms with E-state index in [2.05, 4.69) is 9.88 Å². The molecule has 1 saturated heterocycles. The Morgan fingerprint density at radius 3 is 2.37 bits per heavy atom. The highest BCUT2D eigenvalue weighted by Gasteiger charge is 2.33. The molecule has 8 heteroatoms. The Hall–Kier alpha value is -1.12. The van der Waals surface area contributed by atoms with Gasteiger partial charge in [-0.3, -0.25) is 0 Å². The van der Waals surface area contributed by atoms with Gasteiger partial charge in [0.25, 0.3) is 10.0 Å². The number of anilines is 1. The molecule has 1 aromatic heterocycles. The second kappa shape index (κ2) is 5.10. The maximum atomic E-state index is 12.5. The summed E-state index contributed by atoms with van der Waals surface area (Å²) in [6.07, 6.45) is 3.10. The summed E-state index contributed by atoms with van der Waals surface area (Å²) in [4.78, 5) is 5.99. The first-order valence-electron chi connectivity index (χ1n) is 6.27. The lowest BCUT2D eigenvalue weighted by Crippen LogP contribution is -2.44. The summed E-state index contributed by atoms with van der Waals surface area (Å²) in [6, 6.07) is 0.440. The smallest absolute Gasteiger partial charge is 0.262 e. The minimum absolute atomic E-state index is 0.0669. The summed E-state index contributed by atoms with van der Waals surface area (Å²) in [7, 11) is 2.15. The molecular formula is C11H21N5O2S. The van der Waals surface area contributed by atoms with Crippen LogP contribution in [0.15, 0.2) is 11.4 Å². The van der Waals surface area contributed by atoms with E-state index < -0.39 is 10.0 Å². The first-order chi connectivity index (χ1) is 8.84. The number of hydrogen-bond acceptors (Lipinski definition) is 5. The van der Waals surface area contributed by atoms with E-state index in [-0.39, 0.29) is 10.8 Å². The predicted octanol–water partition coefficient (Wildman–Crippen LogP) is -0.283. The van der Waals surface area contributed by atoms with Crippen molar-refractivity contribution in [2.75, 3.05) is 32.9 Å². The van der Waals surface area contributed by atoms with Crippen LogP contribution >= 0.6 is 0 Å². The molecule has 1 fully saturated rings. The van der Waals surface area contributed by atoms with Crippen molar-refractivity contribution in [1.82, 2.24) is 18.8 Å². The normalized spacial score (nSPS) is 19.2. The molecule has 2 heterocycles. The second-order valence-corrected chi connectivity index (χ2v) is 7.00. The maximum absolute atomic E-state index is 12.5. The average Bonchev–Trinajstić information content (AvgIpc) is 2.69. The molecule has 0 atom stereocenters. The molecule has 0 radical (unpaired) electrons. The van der Waals surface area contributed by atoms with Gasteiger partial charge in [0.1, 0.15) is 0 Å². The number of aromatic nitrogens is 2. The first kappa shape index (κ1) is 14.3. The van der Waals surface area contributed by atoms with Gasteiger partial charge in [0, 0.05) is 26.2 Å². The highest BCUT2D eigenvalue weighted by molar-refractivity contribution is 7.89. The highest BCUT2D eigenvalue weighted by Crippen LogP contribution is 2.24. The minimum Gasteiger partial charge on any atom is -0.381 e. The number of nitrogens with zero attached hydrogens (tertiary/aromatic N) is 4. The lowest BCUT2D eigenvalue weighted by atomic mass is 10.1. The van der Waals surface area contributed by atoms with E-state index in [0.29, 0.717) is 19.1 Å². The Balaban J connectivity index is 2.19. The molecule has 0 aliphatic carbocycles. The number of piperidine rings is 1. The predicted molar refractivity (Wildman–Crippen MR) is 73.1 cm³/mol. The van der Waals surface area contributed by atoms with Crippen LogP contribution in [0, 0.1) is 0 Å². The number of sulfonamides is 1. The largest absolute Gasteiger partial charge is 0.381 e. The quantitative estimate of drug-likeness (QED) is 0.826. The van der Waals surface area contributed by atoms with Crippen molar-refractivity contribution < 1.29 is 8.42 Å². The molecule has 1 aromatic rings. The number of nitrogen functional groups attached to an aromatic ring is 1. The van der Waals surface area contributed by atoms with Crippen molar-refractivity contribution in [3.63, 3.8) is 0 Å². The van der Waals surface area contributed by atoms with E-state index in [4.69, 9.17) is 5.73 Å². The Morgan fingerprint density at radius 2 is 1.95 bits per heavy atom. The van der Waals surface area contributed by atoms with Gasteiger partial charge < -0.3 is 15.2 Å². The monoisotopic (exact) mass is 287 g/mol. The van der Waals surface area contributed by atoms with Crippen LogP contribution in [0.2, 0.25) is 0 Å². The van der Waals surface area contributed by atoms with Crippen molar-refractivity contribution in [3.8, 4) is 0 Å². The molecule has 0 amide bonds. The number of imidazole rings is 1. The fourth-order valence-corrected chi connectivity index (χ4v) is 4.14. The maximum Gasteiger partial charge on any atom is 0.262 e. The Kier molecular flexibility index (Phi) is 3.84. The molecule has 0 spiro atoms. The van der Waals surface area contributed by atoms with Gasteiger partial charge in [0.15, 0.2) is 10.8 Å². The van der Waals surface area contributed by atoms with Gasteiger partial charge in [-0.15, -0.1) is 0 Å². The number of hydrogen-bond donors (Lipinski definition) is 1. The van der Waals surface area contributed by atoms with Gasteiger partial charge in [0.05, 0.1) is 6.33 Å². The van der Waals surface area contributed by atoms with E-state index in [1.54, 1.807) is 7.05 Å². The molecule has 2 N–H and O–H groups in total. The zero-order chi connectivity index (χ0) is 14.2. The molecule has 0 aromatic carbocycles. The van der Waals surface area contributed by atoms with Gasteiger partial charge in [-0.05, 0) is 26.9 Å². The number of nitrogens with two attached hydrogens (primary N) is 1. The zero-order valence-corrected chi connectivity index (χ0v) is 12.4. The Morgan fingerprint density at radius 1 is 1.37 bits per heavy atom. The average molecular weight is 287 g/mol. The molecule has 108 valence electrons. The van der Waals surface area contributed by atoms with Gasteiger partial charge >= 0.3 is 0 Å². The minimum atomic E-state index is -3.54. The third kappa shape index (κ3) is 2.60. The summed E-state index contributed by atoms with van der Waals surface area (Å²) in [5.74, 6) is 0.0669. The van der Waals surface area contributed by atoms with Crippen molar-refractivity contribution >= 4 is 15.8 Å². The molecule has 7 nitrogen and oxygen atoms in total. The molecule has 0 saturated carbocycles. The van der Waals surface area contributed by atoms with Crippen molar-refractivity contribution in [3.05, 3.63) is 6.33 Å². The fraction of sp³-hybridized carbons (Fsp3) is 0.727. The van der Waals surface area contributed by atoms with E-state index in [9.17, 15) is 8.42 Å². The van der Waals surface area contributed by atoms with Gasteiger partial charge in [-0.2, -0.15) is 4.31 Å². The summed E-state index contributed by atoms with van der Waals surface area (Å²) >= 11 is 0. The van der Waals surface area contributed by atoms with Gasteiger partial charge in [-0.25, -0.2) is 13.4 Å². The lowest BCUT2D eigenvalue weighted by Gasteiger charge is -2.34. The van der Waals surface area contributed by atoms with Crippen molar-refractivity contribution in [2.24, 2.45) is 7.05 Å². The van der Waals surface area contributed by atoms with E-state index in [1.165, 1.54) is 15.2 Å². The Bertz CT molecular complexity index is 524.